The number of nitrogens with one attached hydrogen (secondary N) is 1. The summed E-state index contributed by atoms with van der Waals surface area (Å²) in [5, 5.41) is 5.05. The lowest BCUT2D eigenvalue weighted by Gasteiger charge is -2.11. The van der Waals surface area contributed by atoms with Gasteiger partial charge in [0.2, 0.25) is 0 Å². The Hall–Kier alpha value is -2.71. The molecular weight excluding hydrogens is 346 g/mol. The number of benzene rings is 1. The Morgan fingerprint density at radius 3 is 3.04 bits per heavy atom. The fourth-order valence-corrected chi connectivity index (χ4v) is 2.95. The molecule has 1 aromatic carbocycles. The SMILES string of the molecule is O=C(Nn1cnc2c(cnn2-c2cccc(Cl)c2)c1=O)[C@@H]1CCCO1. The van der Waals surface area contributed by atoms with Gasteiger partial charge < -0.3 is 4.74 Å². The third kappa shape index (κ3) is 2.90. The average Bonchev–Trinajstić information content (AvgIpc) is 3.27. The zero-order valence-corrected chi connectivity index (χ0v) is 13.8. The summed E-state index contributed by atoms with van der Waals surface area (Å²) in [6, 6.07) is 7.07. The van der Waals surface area contributed by atoms with E-state index in [4.69, 9.17) is 16.3 Å². The summed E-state index contributed by atoms with van der Waals surface area (Å²) >= 11 is 6.00. The number of carbonyl (C=O) groups is 1. The summed E-state index contributed by atoms with van der Waals surface area (Å²) in [6.07, 6.45) is 3.62. The van der Waals surface area contributed by atoms with E-state index in [1.807, 2.05) is 6.07 Å². The second kappa shape index (κ2) is 6.30. The summed E-state index contributed by atoms with van der Waals surface area (Å²) in [4.78, 5) is 28.9. The molecule has 1 aliphatic rings. The van der Waals surface area contributed by atoms with E-state index in [0.717, 1.165) is 11.1 Å². The van der Waals surface area contributed by atoms with Crippen molar-refractivity contribution in [3.8, 4) is 5.69 Å². The summed E-state index contributed by atoms with van der Waals surface area (Å²) < 4.78 is 7.89. The normalized spacial score (nSPS) is 17.1. The molecule has 0 radical (unpaired) electrons. The second-order valence-corrected chi connectivity index (χ2v) is 6.11. The van der Waals surface area contributed by atoms with Crippen molar-refractivity contribution in [2.75, 3.05) is 12.0 Å². The lowest BCUT2D eigenvalue weighted by Crippen LogP contribution is -2.38. The van der Waals surface area contributed by atoms with Crippen molar-refractivity contribution in [1.82, 2.24) is 19.4 Å². The monoisotopic (exact) mass is 359 g/mol. The highest BCUT2D eigenvalue weighted by molar-refractivity contribution is 6.30. The Balaban J connectivity index is 1.70. The van der Waals surface area contributed by atoms with Crippen molar-refractivity contribution in [3.05, 3.63) is 52.2 Å². The van der Waals surface area contributed by atoms with E-state index in [1.54, 1.807) is 18.2 Å². The Bertz CT molecular complexity index is 1010. The minimum absolute atomic E-state index is 0.287. The van der Waals surface area contributed by atoms with Gasteiger partial charge in [-0.2, -0.15) is 5.10 Å². The van der Waals surface area contributed by atoms with E-state index in [-0.39, 0.29) is 11.3 Å². The minimum Gasteiger partial charge on any atom is -0.368 e. The number of rotatable bonds is 3. The molecular formula is C16H14ClN5O3. The molecule has 9 heteroatoms. The van der Waals surface area contributed by atoms with Crippen molar-refractivity contribution in [3.63, 3.8) is 0 Å². The van der Waals surface area contributed by atoms with Crippen molar-refractivity contribution in [2.45, 2.75) is 18.9 Å². The van der Waals surface area contributed by atoms with Crippen LogP contribution >= 0.6 is 11.6 Å². The maximum Gasteiger partial charge on any atom is 0.283 e. The number of ether oxygens (including phenoxy) is 1. The molecule has 0 spiro atoms. The van der Waals surface area contributed by atoms with Gasteiger partial charge in [-0.3, -0.25) is 15.0 Å². The number of fused-ring (bicyclic) bond motifs is 1. The molecule has 3 heterocycles. The molecule has 3 aromatic rings. The quantitative estimate of drug-likeness (QED) is 0.765. The smallest absolute Gasteiger partial charge is 0.283 e. The fraction of sp³-hybridized carbons (Fsp3) is 0.250. The highest BCUT2D eigenvalue weighted by atomic mass is 35.5. The van der Waals surface area contributed by atoms with Gasteiger partial charge in [0.15, 0.2) is 5.65 Å². The van der Waals surface area contributed by atoms with Gasteiger partial charge in [-0.25, -0.2) is 14.3 Å². The van der Waals surface area contributed by atoms with Gasteiger partial charge in [0.25, 0.3) is 11.5 Å². The van der Waals surface area contributed by atoms with E-state index in [1.165, 1.54) is 17.2 Å². The first-order valence-corrected chi connectivity index (χ1v) is 8.15. The van der Waals surface area contributed by atoms with Crippen molar-refractivity contribution >= 4 is 28.5 Å². The highest BCUT2D eigenvalue weighted by Gasteiger charge is 2.24. The number of halogens is 1. The molecule has 0 aliphatic carbocycles. The maximum absolute atomic E-state index is 12.6. The zero-order valence-electron chi connectivity index (χ0n) is 13.1. The molecule has 4 rings (SSSR count). The Labute approximate surface area is 147 Å². The van der Waals surface area contributed by atoms with Crippen molar-refractivity contribution < 1.29 is 9.53 Å². The molecule has 1 amide bonds. The van der Waals surface area contributed by atoms with Gasteiger partial charge in [-0.15, -0.1) is 0 Å². The van der Waals surface area contributed by atoms with E-state index in [2.05, 4.69) is 15.5 Å². The van der Waals surface area contributed by atoms with Gasteiger partial charge >= 0.3 is 0 Å². The number of hydrogen-bond donors (Lipinski definition) is 1. The second-order valence-electron chi connectivity index (χ2n) is 5.67. The van der Waals surface area contributed by atoms with Crippen LogP contribution < -0.4 is 11.0 Å². The summed E-state index contributed by atoms with van der Waals surface area (Å²) in [5.74, 6) is -0.358. The highest BCUT2D eigenvalue weighted by Crippen LogP contribution is 2.17. The molecule has 0 unspecified atom stereocenters. The van der Waals surface area contributed by atoms with Crippen LogP contribution in [0.4, 0.5) is 0 Å². The lowest BCUT2D eigenvalue weighted by atomic mass is 10.2. The topological polar surface area (TPSA) is 91.0 Å². The molecule has 2 aromatic heterocycles. The molecule has 0 bridgehead atoms. The Morgan fingerprint density at radius 1 is 1.40 bits per heavy atom. The van der Waals surface area contributed by atoms with Gasteiger partial charge in [-0.1, -0.05) is 17.7 Å². The molecule has 128 valence electrons. The summed E-state index contributed by atoms with van der Waals surface area (Å²) in [6.45, 7) is 0.552. The minimum atomic E-state index is -0.531. The molecule has 8 nitrogen and oxygen atoms in total. The predicted molar refractivity (Wildman–Crippen MR) is 91.5 cm³/mol. The number of nitrogens with zero attached hydrogens (tertiary/aromatic N) is 4. The van der Waals surface area contributed by atoms with Crippen LogP contribution in [0.25, 0.3) is 16.7 Å². The first kappa shape index (κ1) is 15.8. The largest absolute Gasteiger partial charge is 0.368 e. The number of hydrogen-bond acceptors (Lipinski definition) is 5. The predicted octanol–water partition coefficient (Wildman–Crippen LogP) is 1.48. The van der Waals surface area contributed by atoms with E-state index < -0.39 is 11.7 Å². The Kier molecular flexibility index (Phi) is 3.98. The van der Waals surface area contributed by atoms with Crippen LogP contribution in [0.2, 0.25) is 5.02 Å². The van der Waals surface area contributed by atoms with Gasteiger partial charge in [-0.05, 0) is 31.0 Å². The lowest BCUT2D eigenvalue weighted by molar-refractivity contribution is -0.125. The molecule has 1 saturated heterocycles. The van der Waals surface area contributed by atoms with Gasteiger partial charge in [0.1, 0.15) is 17.8 Å². The molecule has 1 fully saturated rings. The molecule has 25 heavy (non-hydrogen) atoms. The van der Waals surface area contributed by atoms with Gasteiger partial charge in [0.05, 0.1) is 11.9 Å². The number of carbonyl (C=O) groups excluding carboxylic acids is 1. The maximum atomic E-state index is 12.6. The Morgan fingerprint density at radius 2 is 2.28 bits per heavy atom. The first-order chi connectivity index (χ1) is 12.1. The van der Waals surface area contributed by atoms with Crippen LogP contribution in [0.3, 0.4) is 0 Å². The van der Waals surface area contributed by atoms with E-state index in [0.29, 0.717) is 29.4 Å². The van der Waals surface area contributed by atoms with Crippen molar-refractivity contribution in [1.29, 1.82) is 0 Å². The van der Waals surface area contributed by atoms with E-state index in [9.17, 15) is 9.59 Å². The molecule has 1 aliphatic heterocycles. The third-order valence-corrected chi connectivity index (χ3v) is 4.23. The number of amides is 1. The van der Waals surface area contributed by atoms with E-state index >= 15 is 0 Å². The van der Waals surface area contributed by atoms with Crippen molar-refractivity contribution in [2.24, 2.45) is 0 Å². The molecule has 0 saturated carbocycles. The fourth-order valence-electron chi connectivity index (χ4n) is 2.76. The standard InChI is InChI=1S/C16H14ClN5O3/c17-10-3-1-4-11(7-10)22-14-12(8-19-22)16(24)21(9-18-14)20-15(23)13-5-2-6-25-13/h1,3-4,7-9,13H,2,5-6H2,(H,20,23)/t13-/m0/s1. The van der Waals surface area contributed by atoms with Gasteiger partial charge in [0, 0.05) is 11.6 Å². The zero-order chi connectivity index (χ0) is 17.4. The molecule has 1 atom stereocenters. The van der Waals surface area contributed by atoms with Crippen LogP contribution in [-0.2, 0) is 9.53 Å². The van der Waals surface area contributed by atoms with Crippen LogP contribution in [0, 0.1) is 0 Å². The first-order valence-electron chi connectivity index (χ1n) is 7.77. The third-order valence-electron chi connectivity index (χ3n) is 3.99. The summed E-state index contributed by atoms with van der Waals surface area (Å²) in [5.41, 5.74) is 3.18. The molecule has 1 N–H and O–H groups in total. The summed E-state index contributed by atoms with van der Waals surface area (Å²) in [7, 11) is 0. The van der Waals surface area contributed by atoms with Crippen LogP contribution in [0.5, 0.6) is 0 Å². The number of aromatic nitrogens is 4. The van der Waals surface area contributed by atoms with Crippen LogP contribution in [-0.4, -0.2) is 38.1 Å². The van der Waals surface area contributed by atoms with Crippen LogP contribution in [0.15, 0.2) is 41.6 Å². The van der Waals surface area contributed by atoms with Crippen LogP contribution in [0.1, 0.15) is 12.8 Å². The average molecular weight is 360 g/mol.